The second kappa shape index (κ2) is 7.32. The number of carbonyl (C=O) groups is 1. The third-order valence-corrected chi connectivity index (χ3v) is 4.19. The highest BCUT2D eigenvalue weighted by Gasteiger charge is 2.13. The van der Waals surface area contributed by atoms with Crippen molar-refractivity contribution in [3.05, 3.63) is 64.2 Å². The molecule has 3 heteroatoms. The van der Waals surface area contributed by atoms with Crippen molar-refractivity contribution in [2.75, 3.05) is 6.61 Å². The van der Waals surface area contributed by atoms with Crippen LogP contribution in [0.15, 0.2) is 36.4 Å². The van der Waals surface area contributed by atoms with Gasteiger partial charge in [-0.1, -0.05) is 35.9 Å². The number of amides is 1. The molecule has 1 N–H and O–H groups in total. The summed E-state index contributed by atoms with van der Waals surface area (Å²) in [6, 6.07) is 12.1. The predicted octanol–water partition coefficient (Wildman–Crippen LogP) is 4.18. The molecule has 1 amide bonds. The number of ether oxygens (including phenoxy) is 1. The molecule has 0 aromatic heterocycles. The van der Waals surface area contributed by atoms with Gasteiger partial charge < -0.3 is 10.1 Å². The van der Waals surface area contributed by atoms with Crippen LogP contribution in [0, 0.1) is 27.7 Å². The number of nitrogens with one attached hydrogen (secondary N) is 1. The van der Waals surface area contributed by atoms with Crippen LogP contribution >= 0.6 is 0 Å². The fourth-order valence-corrected chi connectivity index (χ4v) is 2.61. The van der Waals surface area contributed by atoms with Crippen molar-refractivity contribution in [3.8, 4) is 5.75 Å². The SMILES string of the molecule is Cc1ccc(C)c([C@@H](C)NC(=O)COc2cccc(C)c2C)c1. The van der Waals surface area contributed by atoms with E-state index in [1.807, 2.05) is 39.0 Å². The van der Waals surface area contributed by atoms with E-state index in [1.54, 1.807) is 0 Å². The molecule has 3 nitrogen and oxygen atoms in total. The zero-order valence-electron chi connectivity index (χ0n) is 14.6. The van der Waals surface area contributed by atoms with Gasteiger partial charge in [0.25, 0.3) is 5.91 Å². The van der Waals surface area contributed by atoms with E-state index >= 15 is 0 Å². The summed E-state index contributed by atoms with van der Waals surface area (Å²) in [5.41, 5.74) is 5.75. The highest BCUT2D eigenvalue weighted by molar-refractivity contribution is 5.78. The standard InChI is InChI=1S/C20H25NO2/c1-13-9-10-15(3)18(11-13)17(5)21-20(22)12-23-19-8-6-7-14(2)16(19)4/h6-11,17H,12H2,1-5H3,(H,21,22)/t17-/m1/s1. The Hall–Kier alpha value is -2.29. The van der Waals surface area contributed by atoms with Gasteiger partial charge in [0, 0.05) is 0 Å². The van der Waals surface area contributed by atoms with Crippen LogP contribution in [-0.2, 0) is 4.79 Å². The smallest absolute Gasteiger partial charge is 0.258 e. The Morgan fingerprint density at radius 3 is 2.57 bits per heavy atom. The van der Waals surface area contributed by atoms with Gasteiger partial charge in [-0.05, 0) is 62.9 Å². The molecular formula is C20H25NO2. The third kappa shape index (κ3) is 4.35. The fourth-order valence-electron chi connectivity index (χ4n) is 2.61. The Morgan fingerprint density at radius 1 is 1.09 bits per heavy atom. The second-order valence-corrected chi connectivity index (χ2v) is 6.14. The molecule has 0 bridgehead atoms. The summed E-state index contributed by atoms with van der Waals surface area (Å²) in [6.45, 7) is 10.2. The predicted molar refractivity (Wildman–Crippen MR) is 93.9 cm³/mol. The molecule has 2 aromatic rings. The van der Waals surface area contributed by atoms with Gasteiger partial charge in [-0.15, -0.1) is 0 Å². The molecule has 0 fully saturated rings. The molecule has 122 valence electrons. The number of hydrogen-bond donors (Lipinski definition) is 1. The van der Waals surface area contributed by atoms with Crippen molar-refractivity contribution in [2.24, 2.45) is 0 Å². The zero-order valence-corrected chi connectivity index (χ0v) is 14.6. The maximum Gasteiger partial charge on any atom is 0.258 e. The average molecular weight is 311 g/mol. The van der Waals surface area contributed by atoms with Gasteiger partial charge in [-0.2, -0.15) is 0 Å². The van der Waals surface area contributed by atoms with Crippen molar-refractivity contribution < 1.29 is 9.53 Å². The van der Waals surface area contributed by atoms with Crippen LogP contribution in [-0.4, -0.2) is 12.5 Å². The van der Waals surface area contributed by atoms with E-state index in [1.165, 1.54) is 11.1 Å². The number of rotatable bonds is 5. The van der Waals surface area contributed by atoms with E-state index in [-0.39, 0.29) is 18.6 Å². The van der Waals surface area contributed by atoms with Gasteiger partial charge in [0.05, 0.1) is 6.04 Å². The van der Waals surface area contributed by atoms with Crippen LogP contribution in [0.1, 0.15) is 40.8 Å². The minimum absolute atomic E-state index is 0.0273. The van der Waals surface area contributed by atoms with Crippen molar-refractivity contribution in [1.82, 2.24) is 5.32 Å². The quantitative estimate of drug-likeness (QED) is 0.899. The normalized spacial score (nSPS) is 11.9. The molecule has 2 rings (SSSR count). The van der Waals surface area contributed by atoms with E-state index in [4.69, 9.17) is 4.74 Å². The molecule has 0 aliphatic carbocycles. The van der Waals surface area contributed by atoms with E-state index in [0.717, 1.165) is 22.4 Å². The van der Waals surface area contributed by atoms with Crippen LogP contribution < -0.4 is 10.1 Å². The molecule has 0 aliphatic rings. The first-order valence-electron chi connectivity index (χ1n) is 7.94. The molecular weight excluding hydrogens is 286 g/mol. The Labute approximate surface area is 138 Å². The summed E-state index contributed by atoms with van der Waals surface area (Å²) in [7, 11) is 0. The molecule has 0 radical (unpaired) electrons. The van der Waals surface area contributed by atoms with Crippen molar-refractivity contribution in [3.63, 3.8) is 0 Å². The molecule has 0 spiro atoms. The number of hydrogen-bond acceptors (Lipinski definition) is 2. The molecule has 1 atom stereocenters. The summed E-state index contributed by atoms with van der Waals surface area (Å²) < 4.78 is 5.66. The maximum atomic E-state index is 12.2. The van der Waals surface area contributed by atoms with Gasteiger partial charge in [-0.3, -0.25) is 4.79 Å². The maximum absolute atomic E-state index is 12.2. The first-order chi connectivity index (χ1) is 10.9. The van der Waals surface area contributed by atoms with Gasteiger partial charge in [0.15, 0.2) is 6.61 Å². The molecule has 0 unspecified atom stereocenters. The average Bonchev–Trinajstić information content (AvgIpc) is 2.51. The highest BCUT2D eigenvalue weighted by atomic mass is 16.5. The molecule has 0 saturated carbocycles. The van der Waals surface area contributed by atoms with Crippen LogP contribution in [0.3, 0.4) is 0 Å². The molecule has 0 saturated heterocycles. The van der Waals surface area contributed by atoms with Crippen LogP contribution in [0.4, 0.5) is 0 Å². The fraction of sp³-hybridized carbons (Fsp3) is 0.350. The zero-order chi connectivity index (χ0) is 17.0. The van der Waals surface area contributed by atoms with Gasteiger partial charge in [0.1, 0.15) is 5.75 Å². The van der Waals surface area contributed by atoms with Crippen molar-refractivity contribution >= 4 is 5.91 Å². The number of carbonyl (C=O) groups excluding carboxylic acids is 1. The molecule has 0 heterocycles. The summed E-state index contributed by atoms with van der Waals surface area (Å²) in [6.07, 6.45) is 0. The van der Waals surface area contributed by atoms with Gasteiger partial charge >= 0.3 is 0 Å². The lowest BCUT2D eigenvalue weighted by Gasteiger charge is -2.18. The van der Waals surface area contributed by atoms with Crippen molar-refractivity contribution in [2.45, 2.75) is 40.7 Å². The van der Waals surface area contributed by atoms with Crippen LogP contribution in [0.2, 0.25) is 0 Å². The Kier molecular flexibility index (Phi) is 5.43. The lowest BCUT2D eigenvalue weighted by molar-refractivity contribution is -0.123. The van der Waals surface area contributed by atoms with Gasteiger partial charge in [0.2, 0.25) is 0 Å². The summed E-state index contributed by atoms with van der Waals surface area (Å²) in [4.78, 5) is 12.2. The Morgan fingerprint density at radius 2 is 1.83 bits per heavy atom. The minimum Gasteiger partial charge on any atom is -0.483 e. The number of benzene rings is 2. The lowest BCUT2D eigenvalue weighted by atomic mass is 10.00. The van der Waals surface area contributed by atoms with E-state index in [2.05, 4.69) is 37.4 Å². The van der Waals surface area contributed by atoms with E-state index in [9.17, 15) is 4.79 Å². The van der Waals surface area contributed by atoms with Crippen LogP contribution in [0.5, 0.6) is 5.75 Å². The summed E-state index contributed by atoms with van der Waals surface area (Å²) in [5.74, 6) is 0.652. The van der Waals surface area contributed by atoms with E-state index < -0.39 is 0 Å². The largest absolute Gasteiger partial charge is 0.483 e. The number of aryl methyl sites for hydroxylation is 3. The Balaban J connectivity index is 1.96. The second-order valence-electron chi connectivity index (χ2n) is 6.14. The third-order valence-electron chi connectivity index (χ3n) is 4.19. The van der Waals surface area contributed by atoms with E-state index in [0.29, 0.717) is 0 Å². The first-order valence-corrected chi connectivity index (χ1v) is 7.94. The van der Waals surface area contributed by atoms with Gasteiger partial charge in [-0.25, -0.2) is 0 Å². The first kappa shape index (κ1) is 17.1. The monoisotopic (exact) mass is 311 g/mol. The van der Waals surface area contributed by atoms with Crippen LogP contribution in [0.25, 0.3) is 0 Å². The topological polar surface area (TPSA) is 38.3 Å². The highest BCUT2D eigenvalue weighted by Crippen LogP contribution is 2.21. The molecule has 0 aliphatic heterocycles. The molecule has 23 heavy (non-hydrogen) atoms. The summed E-state index contributed by atoms with van der Waals surface area (Å²) in [5, 5.41) is 3.00. The Bertz CT molecular complexity index is 707. The summed E-state index contributed by atoms with van der Waals surface area (Å²) >= 11 is 0. The van der Waals surface area contributed by atoms with Crippen molar-refractivity contribution in [1.29, 1.82) is 0 Å². The lowest BCUT2D eigenvalue weighted by Crippen LogP contribution is -2.31. The molecule has 2 aromatic carbocycles. The minimum atomic E-state index is -0.112.